The molecule has 13 heteroatoms. The van der Waals surface area contributed by atoms with Crippen LogP contribution in [0.5, 0.6) is 0 Å². The topological polar surface area (TPSA) is 155 Å². The van der Waals surface area contributed by atoms with Crippen molar-refractivity contribution in [1.82, 2.24) is 30.7 Å². The van der Waals surface area contributed by atoms with Crippen molar-refractivity contribution in [1.29, 1.82) is 0 Å². The monoisotopic (exact) mass is 696 g/mol. The van der Waals surface area contributed by atoms with Gasteiger partial charge in [-0.3, -0.25) is 24.0 Å². The van der Waals surface area contributed by atoms with Gasteiger partial charge in [-0.1, -0.05) is 64.7 Å². The molecule has 1 aliphatic heterocycles. The number of piperazine rings is 1. The summed E-state index contributed by atoms with van der Waals surface area (Å²) in [4.78, 5) is 69.6. The Hall–Kier alpha value is -4.16. The molecule has 1 saturated heterocycles. The number of nitrogens with zero attached hydrogens (tertiary/aromatic N) is 4. The summed E-state index contributed by atoms with van der Waals surface area (Å²) < 4.78 is 20.6. The summed E-state index contributed by atoms with van der Waals surface area (Å²) in [6, 6.07) is 2.35. The third-order valence-electron chi connectivity index (χ3n) is 10.5. The van der Waals surface area contributed by atoms with Crippen LogP contribution in [0.1, 0.15) is 120 Å². The summed E-state index contributed by atoms with van der Waals surface area (Å²) in [5.74, 6) is -2.22. The SMILES string of the molecule is CCC(=O)N[C@@H](C(=O)N1C[C@H](C)N(C(=O)CC)[C@@H](C)C1)[C@@H](C)c1ccc(CC(=O)[C@@H](NC(=O)c2nonc2CC)C2CCC(C)CC2)c(F)c1. The fourth-order valence-electron chi connectivity index (χ4n) is 7.43. The first-order chi connectivity index (χ1) is 23.8. The molecular formula is C37H53FN6O6. The van der Waals surface area contributed by atoms with Crippen LogP contribution in [-0.4, -0.2) is 86.8 Å². The van der Waals surface area contributed by atoms with Gasteiger partial charge < -0.3 is 20.4 Å². The number of nitrogens with one attached hydrogen (secondary N) is 2. The molecule has 0 unspecified atom stereocenters. The third-order valence-corrected chi connectivity index (χ3v) is 10.5. The summed E-state index contributed by atoms with van der Waals surface area (Å²) in [5, 5.41) is 13.2. The molecule has 0 spiro atoms. The van der Waals surface area contributed by atoms with Gasteiger partial charge in [-0.05, 0) is 67.3 Å². The number of hydrogen-bond acceptors (Lipinski definition) is 8. The molecule has 2 aliphatic rings. The molecule has 0 radical (unpaired) electrons. The second-order valence-corrected chi connectivity index (χ2v) is 14.2. The fraction of sp³-hybridized carbons (Fsp3) is 0.649. The van der Waals surface area contributed by atoms with Crippen molar-refractivity contribution in [2.75, 3.05) is 13.1 Å². The Morgan fingerprint density at radius 1 is 0.940 bits per heavy atom. The zero-order valence-corrected chi connectivity index (χ0v) is 30.5. The van der Waals surface area contributed by atoms with E-state index in [1.54, 1.807) is 35.8 Å². The van der Waals surface area contributed by atoms with E-state index in [1.807, 2.05) is 27.7 Å². The number of aryl methyl sites for hydroxylation is 1. The van der Waals surface area contributed by atoms with Crippen LogP contribution in [0, 0.1) is 17.7 Å². The van der Waals surface area contributed by atoms with E-state index in [9.17, 15) is 24.0 Å². The Balaban J connectivity index is 1.53. The number of carbonyl (C=O) groups is 5. The minimum Gasteiger partial charge on any atom is -0.344 e. The van der Waals surface area contributed by atoms with Crippen LogP contribution >= 0.6 is 0 Å². The zero-order valence-electron chi connectivity index (χ0n) is 30.5. The van der Waals surface area contributed by atoms with Gasteiger partial charge in [0.2, 0.25) is 17.7 Å². The normalized spacial score (nSPS) is 22.7. The second kappa shape index (κ2) is 17.2. The zero-order chi connectivity index (χ0) is 36.7. The smallest absolute Gasteiger partial charge is 0.276 e. The van der Waals surface area contributed by atoms with E-state index >= 15 is 4.39 Å². The van der Waals surface area contributed by atoms with Crippen LogP contribution in [0.4, 0.5) is 4.39 Å². The Bertz CT molecular complexity index is 1530. The quantitative estimate of drug-likeness (QED) is 0.313. The molecule has 1 aromatic carbocycles. The van der Waals surface area contributed by atoms with Gasteiger partial charge in [0.1, 0.15) is 17.6 Å². The van der Waals surface area contributed by atoms with Gasteiger partial charge >= 0.3 is 0 Å². The maximum absolute atomic E-state index is 15.8. The second-order valence-electron chi connectivity index (χ2n) is 14.2. The van der Waals surface area contributed by atoms with Gasteiger partial charge in [-0.25, -0.2) is 9.02 Å². The molecule has 5 atom stereocenters. The number of ketones is 1. The number of amides is 4. The number of halogens is 1. The average molecular weight is 697 g/mol. The fourth-order valence-corrected chi connectivity index (χ4v) is 7.43. The van der Waals surface area contributed by atoms with E-state index in [4.69, 9.17) is 4.63 Å². The molecule has 2 N–H and O–H groups in total. The van der Waals surface area contributed by atoms with Crippen LogP contribution in [-0.2, 0) is 32.0 Å². The van der Waals surface area contributed by atoms with Crippen LogP contribution in [0.15, 0.2) is 22.8 Å². The van der Waals surface area contributed by atoms with Crippen molar-refractivity contribution in [2.24, 2.45) is 11.8 Å². The minimum atomic E-state index is -0.963. The van der Waals surface area contributed by atoms with E-state index in [0.717, 1.165) is 25.7 Å². The van der Waals surface area contributed by atoms with E-state index in [1.165, 1.54) is 6.07 Å². The first-order valence-electron chi connectivity index (χ1n) is 18.1. The minimum absolute atomic E-state index is 0.0234. The summed E-state index contributed by atoms with van der Waals surface area (Å²) in [6.07, 6.45) is 4.11. The molecule has 50 heavy (non-hydrogen) atoms. The van der Waals surface area contributed by atoms with Gasteiger partial charge in [0.05, 0.1) is 6.04 Å². The highest BCUT2D eigenvalue weighted by molar-refractivity contribution is 5.97. The van der Waals surface area contributed by atoms with Gasteiger partial charge in [-0.2, -0.15) is 0 Å². The number of benzene rings is 1. The summed E-state index contributed by atoms with van der Waals surface area (Å²) in [6.45, 7) is 13.7. The molecule has 2 heterocycles. The molecule has 1 saturated carbocycles. The molecule has 274 valence electrons. The Kier molecular flexibility index (Phi) is 13.3. The number of aromatic nitrogens is 2. The summed E-state index contributed by atoms with van der Waals surface area (Å²) in [5.41, 5.74) is 1.10. The maximum Gasteiger partial charge on any atom is 0.276 e. The molecule has 4 amide bonds. The van der Waals surface area contributed by atoms with E-state index in [2.05, 4.69) is 27.9 Å². The van der Waals surface area contributed by atoms with Gasteiger partial charge in [0.25, 0.3) is 5.91 Å². The number of Topliss-reactive ketones (excluding diaryl/α,β-unsaturated/α-hetero) is 1. The highest BCUT2D eigenvalue weighted by atomic mass is 19.1. The van der Waals surface area contributed by atoms with Crippen molar-refractivity contribution < 1.29 is 33.0 Å². The number of hydrogen-bond donors (Lipinski definition) is 2. The first-order valence-corrected chi connectivity index (χ1v) is 18.1. The predicted octanol–water partition coefficient (Wildman–Crippen LogP) is 4.36. The van der Waals surface area contributed by atoms with Gasteiger partial charge in [0, 0.05) is 50.4 Å². The van der Waals surface area contributed by atoms with E-state index in [0.29, 0.717) is 43.1 Å². The summed E-state index contributed by atoms with van der Waals surface area (Å²) >= 11 is 0. The van der Waals surface area contributed by atoms with Crippen molar-refractivity contribution in [2.45, 2.75) is 130 Å². The summed E-state index contributed by atoms with van der Waals surface area (Å²) in [7, 11) is 0. The molecule has 4 rings (SSSR count). The van der Waals surface area contributed by atoms with Gasteiger partial charge in [0.15, 0.2) is 11.5 Å². The van der Waals surface area contributed by atoms with Gasteiger partial charge in [-0.15, -0.1) is 0 Å². The van der Waals surface area contributed by atoms with Crippen LogP contribution in [0.3, 0.4) is 0 Å². The Morgan fingerprint density at radius 3 is 2.18 bits per heavy atom. The molecule has 12 nitrogen and oxygen atoms in total. The lowest BCUT2D eigenvalue weighted by molar-refractivity contribution is -0.147. The van der Waals surface area contributed by atoms with E-state index < -0.39 is 29.7 Å². The predicted molar refractivity (Wildman–Crippen MR) is 184 cm³/mol. The van der Waals surface area contributed by atoms with Crippen LogP contribution in [0.25, 0.3) is 0 Å². The Morgan fingerprint density at radius 2 is 1.60 bits per heavy atom. The number of carbonyl (C=O) groups excluding carboxylic acids is 5. The van der Waals surface area contributed by atoms with E-state index in [-0.39, 0.29) is 65.6 Å². The van der Waals surface area contributed by atoms with Crippen molar-refractivity contribution >= 4 is 29.4 Å². The largest absolute Gasteiger partial charge is 0.344 e. The molecule has 2 aromatic rings. The molecule has 2 fully saturated rings. The molecular weight excluding hydrogens is 643 g/mol. The number of rotatable bonds is 13. The Labute approximate surface area is 294 Å². The van der Waals surface area contributed by atoms with Crippen molar-refractivity contribution in [3.63, 3.8) is 0 Å². The molecule has 0 bridgehead atoms. The average Bonchev–Trinajstić information content (AvgIpc) is 3.59. The highest BCUT2D eigenvalue weighted by Crippen LogP contribution is 2.32. The van der Waals surface area contributed by atoms with Crippen molar-refractivity contribution in [3.8, 4) is 0 Å². The molecule has 1 aromatic heterocycles. The highest BCUT2D eigenvalue weighted by Gasteiger charge is 2.39. The molecule has 1 aliphatic carbocycles. The first kappa shape index (κ1) is 38.6. The third kappa shape index (κ3) is 8.95. The lowest BCUT2D eigenvalue weighted by Gasteiger charge is -2.45. The maximum atomic E-state index is 15.8. The lowest BCUT2D eigenvalue weighted by Crippen LogP contribution is -2.62. The standard InChI is InChI=1S/C37H53FN6O6/c1-8-29-35(42-50-41-29)36(48)40-34(25-13-11-21(4)12-14-25)30(45)18-27-16-15-26(17-28(27)38)24(7)33(39-31(46)9-2)37(49)43-19-22(5)44(23(6)20-43)32(47)10-3/h15-17,21-25,33-34H,8-14,18-20H2,1-7H3,(H,39,46)(H,40,48)/t21?,22-,23-,24-,25?,33+,34-/m0/s1. The van der Waals surface area contributed by atoms with Crippen LogP contribution < -0.4 is 10.6 Å². The van der Waals surface area contributed by atoms with Crippen molar-refractivity contribution in [3.05, 3.63) is 46.5 Å². The van der Waals surface area contributed by atoms with Crippen LogP contribution in [0.2, 0.25) is 0 Å². The lowest BCUT2D eigenvalue weighted by atomic mass is 9.77.